The Labute approximate surface area is 134 Å². The number of benzene rings is 2. The third-order valence-corrected chi connectivity index (χ3v) is 3.23. The van der Waals surface area contributed by atoms with Crippen LogP contribution >= 0.6 is 0 Å². The summed E-state index contributed by atoms with van der Waals surface area (Å²) in [5.41, 5.74) is 8.39. The van der Waals surface area contributed by atoms with E-state index in [1.54, 1.807) is 18.2 Å². The standard InChI is InChI=1S/C17H16N5O/c18-10-12-2-1-3-14(8-12)22-17-9-16(19-11-20-17)21-13-4-6-15(23)7-5-13/h1-9,11H,10,18H2,(H2,19,20,21,22). The first-order valence-corrected chi connectivity index (χ1v) is 7.15. The molecule has 0 saturated heterocycles. The zero-order valence-corrected chi connectivity index (χ0v) is 12.4. The van der Waals surface area contributed by atoms with E-state index in [1.165, 1.54) is 18.5 Å². The predicted molar refractivity (Wildman–Crippen MR) is 89.5 cm³/mol. The van der Waals surface area contributed by atoms with Crippen molar-refractivity contribution in [1.82, 2.24) is 9.97 Å². The topological polar surface area (TPSA) is 95.8 Å². The highest BCUT2D eigenvalue weighted by molar-refractivity contribution is 5.63. The van der Waals surface area contributed by atoms with Gasteiger partial charge in [-0.1, -0.05) is 12.1 Å². The molecule has 0 aliphatic rings. The van der Waals surface area contributed by atoms with Crippen LogP contribution < -0.4 is 16.4 Å². The van der Waals surface area contributed by atoms with Crippen LogP contribution in [-0.2, 0) is 11.7 Å². The fourth-order valence-electron chi connectivity index (χ4n) is 2.10. The molecule has 0 aliphatic heterocycles. The molecule has 0 saturated carbocycles. The van der Waals surface area contributed by atoms with Gasteiger partial charge in [0.2, 0.25) is 0 Å². The number of hydrogen-bond donors (Lipinski definition) is 3. The van der Waals surface area contributed by atoms with Gasteiger partial charge in [-0.25, -0.2) is 9.97 Å². The molecule has 1 aromatic heterocycles. The van der Waals surface area contributed by atoms with E-state index in [0.717, 1.165) is 16.9 Å². The minimum atomic E-state index is -0.0274. The molecule has 0 aliphatic carbocycles. The van der Waals surface area contributed by atoms with Crippen molar-refractivity contribution in [3.63, 3.8) is 0 Å². The van der Waals surface area contributed by atoms with Gasteiger partial charge in [-0.15, -0.1) is 0 Å². The van der Waals surface area contributed by atoms with Crippen LogP contribution in [0.2, 0.25) is 0 Å². The van der Waals surface area contributed by atoms with E-state index >= 15 is 0 Å². The van der Waals surface area contributed by atoms with E-state index < -0.39 is 0 Å². The number of nitrogens with two attached hydrogens (primary N) is 1. The average Bonchev–Trinajstić information content (AvgIpc) is 2.57. The summed E-state index contributed by atoms with van der Waals surface area (Å²) in [5, 5.41) is 17.5. The maximum absolute atomic E-state index is 11.1. The van der Waals surface area contributed by atoms with Crippen LogP contribution in [0.15, 0.2) is 60.9 Å². The Morgan fingerprint density at radius 1 is 0.870 bits per heavy atom. The molecule has 115 valence electrons. The highest BCUT2D eigenvalue weighted by Gasteiger charge is 2.02. The molecule has 23 heavy (non-hydrogen) atoms. The molecule has 2 aromatic carbocycles. The number of hydrogen-bond acceptors (Lipinski definition) is 5. The molecular formula is C17H16N5O. The second-order valence-electron chi connectivity index (χ2n) is 4.97. The van der Waals surface area contributed by atoms with Gasteiger partial charge in [0.25, 0.3) is 0 Å². The van der Waals surface area contributed by atoms with Crippen LogP contribution in [0.3, 0.4) is 0 Å². The number of aromatic nitrogens is 2. The number of nitrogens with zero attached hydrogens (tertiary/aromatic N) is 2. The van der Waals surface area contributed by atoms with Crippen molar-refractivity contribution >= 4 is 23.0 Å². The molecule has 0 fully saturated rings. The molecule has 0 bridgehead atoms. The molecule has 0 spiro atoms. The van der Waals surface area contributed by atoms with E-state index in [4.69, 9.17) is 5.73 Å². The van der Waals surface area contributed by atoms with Gasteiger partial charge < -0.3 is 16.4 Å². The van der Waals surface area contributed by atoms with Gasteiger partial charge in [-0.05, 0) is 42.0 Å². The molecular weight excluding hydrogens is 290 g/mol. The zero-order valence-electron chi connectivity index (χ0n) is 12.4. The second kappa shape index (κ2) is 6.76. The van der Waals surface area contributed by atoms with Crippen LogP contribution in [0.1, 0.15) is 5.56 Å². The second-order valence-corrected chi connectivity index (χ2v) is 4.97. The number of rotatable bonds is 5. The first-order chi connectivity index (χ1) is 11.2. The maximum atomic E-state index is 11.1. The van der Waals surface area contributed by atoms with Gasteiger partial charge in [-0.3, -0.25) is 5.11 Å². The molecule has 4 N–H and O–H groups in total. The van der Waals surface area contributed by atoms with E-state index in [9.17, 15) is 5.11 Å². The molecule has 1 radical (unpaired) electrons. The van der Waals surface area contributed by atoms with Crippen LogP contribution in [0.25, 0.3) is 0 Å². The van der Waals surface area contributed by atoms with Crippen LogP contribution in [-0.4, -0.2) is 9.97 Å². The third-order valence-electron chi connectivity index (χ3n) is 3.23. The average molecular weight is 306 g/mol. The summed E-state index contributed by atoms with van der Waals surface area (Å²) in [7, 11) is 0. The predicted octanol–water partition coefficient (Wildman–Crippen LogP) is 3.57. The van der Waals surface area contributed by atoms with Crippen molar-refractivity contribution in [2.75, 3.05) is 10.6 Å². The quantitative estimate of drug-likeness (QED) is 0.669. The van der Waals surface area contributed by atoms with Gasteiger partial charge >= 0.3 is 0 Å². The zero-order chi connectivity index (χ0) is 16.1. The monoisotopic (exact) mass is 306 g/mol. The minimum Gasteiger partial charge on any atom is -0.340 e. The highest BCUT2D eigenvalue weighted by Crippen LogP contribution is 2.21. The number of anilines is 4. The van der Waals surface area contributed by atoms with Crippen molar-refractivity contribution in [2.24, 2.45) is 5.73 Å². The Morgan fingerprint density at radius 2 is 1.57 bits per heavy atom. The van der Waals surface area contributed by atoms with E-state index in [1.807, 2.05) is 24.3 Å². The van der Waals surface area contributed by atoms with Gasteiger partial charge in [-0.2, -0.15) is 0 Å². The Hall–Kier alpha value is -3.12. The summed E-state index contributed by atoms with van der Waals surface area (Å²) >= 11 is 0. The smallest absolute Gasteiger partial charge is 0.178 e. The lowest BCUT2D eigenvalue weighted by atomic mass is 10.2. The molecule has 0 atom stereocenters. The Morgan fingerprint density at radius 3 is 2.26 bits per heavy atom. The Kier molecular flexibility index (Phi) is 4.35. The summed E-state index contributed by atoms with van der Waals surface area (Å²) < 4.78 is 0. The molecule has 6 nitrogen and oxygen atoms in total. The normalized spacial score (nSPS) is 10.3. The molecule has 0 unspecified atom stereocenters. The van der Waals surface area contributed by atoms with Crippen LogP contribution in [0.5, 0.6) is 5.75 Å². The lowest BCUT2D eigenvalue weighted by Gasteiger charge is -2.09. The minimum absolute atomic E-state index is 0.0274. The van der Waals surface area contributed by atoms with Crippen LogP contribution in [0, 0.1) is 0 Å². The fraction of sp³-hybridized carbons (Fsp3) is 0.0588. The Bertz CT molecular complexity index is 789. The van der Waals surface area contributed by atoms with Gasteiger partial charge in [0.05, 0.1) is 0 Å². The van der Waals surface area contributed by atoms with Gasteiger partial charge in [0, 0.05) is 24.0 Å². The van der Waals surface area contributed by atoms with Crippen molar-refractivity contribution in [3.05, 3.63) is 66.5 Å². The third kappa shape index (κ3) is 3.96. The largest absolute Gasteiger partial charge is 0.340 e. The first kappa shape index (κ1) is 14.8. The SMILES string of the molecule is NCc1cccc(Nc2cc(Nc3ccc([O])cc3)ncn2)c1. The molecule has 3 rings (SSSR count). The van der Waals surface area contributed by atoms with E-state index in [0.29, 0.717) is 18.2 Å². The maximum Gasteiger partial charge on any atom is 0.178 e. The lowest BCUT2D eigenvalue weighted by molar-refractivity contribution is 0.355. The fourth-order valence-corrected chi connectivity index (χ4v) is 2.10. The van der Waals surface area contributed by atoms with Crippen molar-refractivity contribution in [3.8, 4) is 5.75 Å². The summed E-state index contributed by atoms with van der Waals surface area (Å²) in [6.45, 7) is 0.488. The Balaban J connectivity index is 1.75. The number of nitrogens with one attached hydrogen (secondary N) is 2. The summed E-state index contributed by atoms with van der Waals surface area (Å²) in [6, 6.07) is 16.0. The van der Waals surface area contributed by atoms with E-state index in [-0.39, 0.29) is 5.75 Å². The lowest BCUT2D eigenvalue weighted by Crippen LogP contribution is -2.00. The van der Waals surface area contributed by atoms with E-state index in [2.05, 4.69) is 20.6 Å². The highest BCUT2D eigenvalue weighted by atomic mass is 16.3. The van der Waals surface area contributed by atoms with Crippen molar-refractivity contribution in [1.29, 1.82) is 0 Å². The van der Waals surface area contributed by atoms with Gasteiger partial charge in [0.1, 0.15) is 18.0 Å². The van der Waals surface area contributed by atoms with Crippen molar-refractivity contribution < 1.29 is 5.11 Å². The van der Waals surface area contributed by atoms with Crippen LogP contribution in [0.4, 0.5) is 23.0 Å². The molecule has 1 heterocycles. The summed E-state index contributed by atoms with van der Waals surface area (Å²) in [4.78, 5) is 8.37. The molecule has 6 heteroatoms. The summed E-state index contributed by atoms with van der Waals surface area (Å²) in [6.07, 6.45) is 1.47. The van der Waals surface area contributed by atoms with Gasteiger partial charge in [0.15, 0.2) is 5.75 Å². The first-order valence-electron chi connectivity index (χ1n) is 7.15. The van der Waals surface area contributed by atoms with Crippen molar-refractivity contribution in [2.45, 2.75) is 6.54 Å². The molecule has 3 aromatic rings. The summed E-state index contributed by atoms with van der Waals surface area (Å²) in [5.74, 6) is 1.27. The molecule has 0 amide bonds.